The zero-order chi connectivity index (χ0) is 21.9. The number of aromatic nitrogens is 1. The van der Waals surface area contributed by atoms with Crippen molar-refractivity contribution in [1.82, 2.24) is 15.0 Å². The molecule has 3 N–H and O–H groups in total. The van der Waals surface area contributed by atoms with Crippen molar-refractivity contribution in [2.24, 2.45) is 0 Å². The highest BCUT2D eigenvalue weighted by Gasteiger charge is 2.15. The quantitative estimate of drug-likeness (QED) is 0.538. The van der Waals surface area contributed by atoms with Crippen molar-refractivity contribution >= 4 is 33.1 Å². The van der Waals surface area contributed by atoms with Gasteiger partial charge in [0.1, 0.15) is 0 Å². The van der Waals surface area contributed by atoms with E-state index in [0.29, 0.717) is 27.8 Å². The van der Waals surface area contributed by atoms with E-state index < -0.39 is 21.9 Å². The smallest absolute Gasteiger partial charge is 0.403 e. The van der Waals surface area contributed by atoms with Crippen molar-refractivity contribution in [2.75, 3.05) is 18.8 Å². The topological polar surface area (TPSA) is 140 Å². The highest BCUT2D eigenvalue weighted by molar-refractivity contribution is 7.90. The van der Waals surface area contributed by atoms with E-state index in [-0.39, 0.29) is 18.0 Å². The molecule has 0 spiro atoms. The molecule has 0 atom stereocenters. The molecule has 11 heteroatoms. The van der Waals surface area contributed by atoms with Gasteiger partial charge in [0.15, 0.2) is 0 Å². The molecule has 158 valence electrons. The van der Waals surface area contributed by atoms with Gasteiger partial charge in [-0.25, -0.2) is 14.3 Å². The fraction of sp³-hybridized carbons (Fsp3) is 0.211. The van der Waals surface area contributed by atoms with Crippen LogP contribution in [0.25, 0.3) is 11.1 Å². The Morgan fingerprint density at radius 3 is 2.67 bits per heavy atom. The van der Waals surface area contributed by atoms with Crippen molar-refractivity contribution in [3.63, 3.8) is 0 Å². The van der Waals surface area contributed by atoms with Crippen molar-refractivity contribution in [2.45, 2.75) is 13.3 Å². The Bertz CT molecular complexity index is 1270. The molecule has 0 radical (unpaired) electrons. The lowest BCUT2D eigenvalue weighted by Crippen LogP contribution is -2.26. The number of benzene rings is 1. The molecule has 1 aromatic carbocycles. The summed E-state index contributed by atoms with van der Waals surface area (Å²) in [6.07, 6.45) is -0.457. The summed E-state index contributed by atoms with van der Waals surface area (Å²) in [5.41, 5.74) is 1.64. The number of carbonyl (C=O) groups excluding carboxylic acids is 1. The molecule has 0 aliphatic heterocycles. The molecule has 0 aliphatic carbocycles. The SMILES string of the molecule is CNC(=O)Oc1ccc2c(C)c(Cc3cccc(NS(=O)(=O)NC)c3)c(=O)oc2n1. The molecule has 0 aliphatic rings. The standard InChI is InChI=1S/C19H20N4O6S/c1-11-14-7-8-16(28-19(25)20-2)22-17(14)29-18(24)15(11)10-12-5-4-6-13(9-12)23-30(26,27)21-3/h4-9,21,23H,10H2,1-3H3,(H,20,25). The van der Waals surface area contributed by atoms with Crippen LogP contribution in [0.2, 0.25) is 0 Å². The van der Waals surface area contributed by atoms with Crippen LogP contribution in [-0.2, 0) is 16.6 Å². The monoisotopic (exact) mass is 432 g/mol. The van der Waals surface area contributed by atoms with E-state index in [1.54, 1.807) is 37.3 Å². The van der Waals surface area contributed by atoms with Crippen LogP contribution < -0.4 is 25.1 Å². The predicted octanol–water partition coefficient (Wildman–Crippen LogP) is 1.68. The van der Waals surface area contributed by atoms with Crippen LogP contribution in [0.15, 0.2) is 45.6 Å². The summed E-state index contributed by atoms with van der Waals surface area (Å²) in [6, 6.07) is 9.85. The molecule has 0 unspecified atom stereocenters. The van der Waals surface area contributed by atoms with E-state index in [1.165, 1.54) is 20.2 Å². The molecule has 10 nitrogen and oxygen atoms in total. The third kappa shape index (κ3) is 4.75. The van der Waals surface area contributed by atoms with E-state index in [2.05, 4.69) is 19.7 Å². The normalized spacial score (nSPS) is 11.3. The number of anilines is 1. The second-order valence-electron chi connectivity index (χ2n) is 6.32. The minimum atomic E-state index is -3.65. The van der Waals surface area contributed by atoms with Crippen LogP contribution in [0.5, 0.6) is 5.88 Å². The van der Waals surface area contributed by atoms with E-state index in [4.69, 9.17) is 9.15 Å². The first-order valence-electron chi connectivity index (χ1n) is 8.85. The first-order chi connectivity index (χ1) is 14.2. The Hall–Kier alpha value is -3.44. The zero-order valence-electron chi connectivity index (χ0n) is 16.5. The molecule has 0 saturated carbocycles. The number of pyridine rings is 1. The largest absolute Gasteiger partial charge is 0.413 e. The lowest BCUT2D eigenvalue weighted by atomic mass is 10.0. The lowest BCUT2D eigenvalue weighted by molar-refractivity contribution is 0.201. The number of fused-ring (bicyclic) bond motifs is 1. The summed E-state index contributed by atoms with van der Waals surface area (Å²) in [5.74, 6) is 0.00154. The molecule has 2 heterocycles. The molecule has 2 aromatic heterocycles. The molecule has 0 saturated heterocycles. The summed E-state index contributed by atoms with van der Waals surface area (Å²) in [7, 11) is -0.935. The summed E-state index contributed by atoms with van der Waals surface area (Å²) in [4.78, 5) is 28.0. The maximum Gasteiger partial charge on any atom is 0.413 e. The molecule has 30 heavy (non-hydrogen) atoms. The second kappa shape index (κ2) is 8.51. The molecular weight excluding hydrogens is 412 g/mol. The van der Waals surface area contributed by atoms with Gasteiger partial charge in [-0.15, -0.1) is 0 Å². The van der Waals surface area contributed by atoms with Crippen LogP contribution >= 0.6 is 0 Å². The number of hydrogen-bond acceptors (Lipinski definition) is 7. The van der Waals surface area contributed by atoms with E-state index in [1.807, 2.05) is 0 Å². The van der Waals surface area contributed by atoms with Gasteiger partial charge in [-0.2, -0.15) is 13.4 Å². The summed E-state index contributed by atoms with van der Waals surface area (Å²) in [6.45, 7) is 1.77. The van der Waals surface area contributed by atoms with Crippen molar-refractivity contribution < 1.29 is 22.4 Å². The number of amides is 1. The average Bonchev–Trinajstić information content (AvgIpc) is 2.71. The van der Waals surface area contributed by atoms with Gasteiger partial charge in [0, 0.05) is 37.5 Å². The highest BCUT2D eigenvalue weighted by Crippen LogP contribution is 2.23. The van der Waals surface area contributed by atoms with Gasteiger partial charge in [0.05, 0.1) is 5.69 Å². The fourth-order valence-electron chi connectivity index (χ4n) is 2.81. The van der Waals surface area contributed by atoms with E-state index in [0.717, 1.165) is 0 Å². The Labute approximate surface area is 172 Å². The Morgan fingerprint density at radius 1 is 1.20 bits per heavy atom. The Kier molecular flexibility index (Phi) is 6.04. The van der Waals surface area contributed by atoms with Crippen molar-refractivity contribution in [1.29, 1.82) is 0 Å². The van der Waals surface area contributed by atoms with Crippen LogP contribution in [0.3, 0.4) is 0 Å². The summed E-state index contributed by atoms with van der Waals surface area (Å²) in [5, 5.41) is 2.90. The van der Waals surface area contributed by atoms with Gasteiger partial charge in [-0.3, -0.25) is 4.72 Å². The predicted molar refractivity (Wildman–Crippen MR) is 111 cm³/mol. The van der Waals surface area contributed by atoms with Crippen molar-refractivity contribution in [3.8, 4) is 5.88 Å². The van der Waals surface area contributed by atoms with Crippen LogP contribution in [0.4, 0.5) is 10.5 Å². The van der Waals surface area contributed by atoms with Crippen molar-refractivity contribution in [3.05, 3.63) is 63.5 Å². The third-order valence-electron chi connectivity index (χ3n) is 4.36. The highest BCUT2D eigenvalue weighted by atomic mass is 32.2. The van der Waals surface area contributed by atoms with Gasteiger partial charge in [-0.05, 0) is 36.2 Å². The maximum atomic E-state index is 12.6. The van der Waals surface area contributed by atoms with Gasteiger partial charge in [-0.1, -0.05) is 12.1 Å². The molecule has 0 fully saturated rings. The first kappa shape index (κ1) is 21.3. The first-order valence-corrected chi connectivity index (χ1v) is 10.3. The Balaban J connectivity index is 1.94. The zero-order valence-corrected chi connectivity index (χ0v) is 17.3. The minimum absolute atomic E-state index is 0.00154. The van der Waals surface area contributed by atoms with E-state index in [9.17, 15) is 18.0 Å². The number of carbonyl (C=O) groups is 1. The number of nitrogens with one attached hydrogen (secondary N) is 3. The molecular formula is C19H20N4O6S. The van der Waals surface area contributed by atoms with Crippen LogP contribution in [-0.4, -0.2) is 33.6 Å². The second-order valence-corrected chi connectivity index (χ2v) is 7.94. The molecule has 3 aromatic rings. The number of nitrogens with zero attached hydrogens (tertiary/aromatic N) is 1. The Morgan fingerprint density at radius 2 is 1.97 bits per heavy atom. The number of hydrogen-bond donors (Lipinski definition) is 3. The van der Waals surface area contributed by atoms with E-state index >= 15 is 0 Å². The number of aryl methyl sites for hydroxylation is 1. The molecule has 0 bridgehead atoms. The molecule has 1 amide bonds. The number of rotatable bonds is 6. The fourth-order valence-corrected chi connectivity index (χ4v) is 3.35. The van der Waals surface area contributed by atoms with Gasteiger partial charge >= 0.3 is 11.7 Å². The van der Waals surface area contributed by atoms with Gasteiger partial charge in [0.2, 0.25) is 11.6 Å². The lowest BCUT2D eigenvalue weighted by Gasteiger charge is -2.10. The summed E-state index contributed by atoms with van der Waals surface area (Å²) < 4.78 is 38.2. The van der Waals surface area contributed by atoms with Crippen LogP contribution in [0.1, 0.15) is 16.7 Å². The van der Waals surface area contributed by atoms with Crippen LogP contribution in [0, 0.1) is 6.92 Å². The number of ether oxygens (including phenoxy) is 1. The molecule has 3 rings (SSSR count). The minimum Gasteiger partial charge on any atom is -0.403 e. The van der Waals surface area contributed by atoms with Gasteiger partial charge in [0.25, 0.3) is 10.2 Å². The van der Waals surface area contributed by atoms with Gasteiger partial charge < -0.3 is 14.5 Å². The average molecular weight is 432 g/mol. The third-order valence-corrected chi connectivity index (χ3v) is 5.40. The maximum absolute atomic E-state index is 12.6. The summed E-state index contributed by atoms with van der Waals surface area (Å²) >= 11 is 0.